The highest BCUT2D eigenvalue weighted by Crippen LogP contribution is 2.26. The summed E-state index contributed by atoms with van der Waals surface area (Å²) in [6.07, 6.45) is 0. The Morgan fingerprint density at radius 2 is 1.50 bits per heavy atom. The number of halogens is 2. The van der Waals surface area contributed by atoms with Crippen LogP contribution in [0.5, 0.6) is 5.75 Å². The minimum Gasteiger partial charge on any atom is -0.505 e. The smallest absolute Gasteiger partial charge is 0.338 e. The molecule has 0 aliphatic heterocycles. The van der Waals surface area contributed by atoms with Crippen LogP contribution in [-0.4, -0.2) is 16.2 Å². The van der Waals surface area contributed by atoms with E-state index in [-0.39, 0.29) is 0 Å². The van der Waals surface area contributed by atoms with Crippen LogP contribution in [0.4, 0.5) is 8.78 Å². The van der Waals surface area contributed by atoms with E-state index in [2.05, 4.69) is 0 Å². The van der Waals surface area contributed by atoms with Crippen molar-refractivity contribution >= 4 is 5.97 Å². The van der Waals surface area contributed by atoms with Gasteiger partial charge < -0.3 is 10.2 Å². The molecule has 2 rings (SSSR count). The molecule has 2 aromatic rings. The molecule has 0 atom stereocenters. The van der Waals surface area contributed by atoms with Gasteiger partial charge in [-0.1, -0.05) is 12.1 Å². The lowest BCUT2D eigenvalue weighted by Gasteiger charge is -2.05. The van der Waals surface area contributed by atoms with Crippen LogP contribution in [0, 0.1) is 11.6 Å². The van der Waals surface area contributed by atoms with Gasteiger partial charge in [-0.2, -0.15) is 0 Å². The van der Waals surface area contributed by atoms with Crippen molar-refractivity contribution in [3.63, 3.8) is 0 Å². The Morgan fingerprint density at radius 3 is 2.00 bits per heavy atom. The van der Waals surface area contributed by atoms with Gasteiger partial charge >= 0.3 is 5.97 Å². The van der Waals surface area contributed by atoms with Crippen molar-refractivity contribution in [2.75, 3.05) is 0 Å². The molecule has 0 saturated carbocycles. The zero-order chi connectivity index (χ0) is 13.3. The van der Waals surface area contributed by atoms with Crippen LogP contribution in [-0.2, 0) is 0 Å². The number of phenols is 1. The molecule has 18 heavy (non-hydrogen) atoms. The SMILES string of the molecule is O=C(O)c1ccc(-c2ccc(O)c(F)c2)cc1F. The number of carboxylic acid groups (broad SMARTS) is 1. The highest BCUT2D eigenvalue weighted by Gasteiger charge is 2.11. The lowest BCUT2D eigenvalue weighted by molar-refractivity contribution is 0.0692. The highest BCUT2D eigenvalue weighted by molar-refractivity contribution is 5.88. The first kappa shape index (κ1) is 12.0. The number of aromatic carboxylic acids is 1. The molecule has 0 aliphatic carbocycles. The summed E-state index contributed by atoms with van der Waals surface area (Å²) in [6.45, 7) is 0. The van der Waals surface area contributed by atoms with Crippen LogP contribution in [0.15, 0.2) is 36.4 Å². The fourth-order valence-electron chi connectivity index (χ4n) is 1.55. The molecule has 0 unspecified atom stereocenters. The van der Waals surface area contributed by atoms with Crippen LogP contribution >= 0.6 is 0 Å². The van der Waals surface area contributed by atoms with Gasteiger partial charge in [0.1, 0.15) is 5.82 Å². The molecular weight excluding hydrogens is 242 g/mol. The van der Waals surface area contributed by atoms with Crippen molar-refractivity contribution in [1.29, 1.82) is 0 Å². The molecular formula is C13H8F2O3. The number of hydrogen-bond donors (Lipinski definition) is 2. The van der Waals surface area contributed by atoms with E-state index in [0.29, 0.717) is 11.1 Å². The van der Waals surface area contributed by atoms with Gasteiger partial charge in [0, 0.05) is 0 Å². The van der Waals surface area contributed by atoms with Gasteiger partial charge in [0.05, 0.1) is 5.56 Å². The Hall–Kier alpha value is -2.43. The van der Waals surface area contributed by atoms with Gasteiger partial charge in [0.25, 0.3) is 0 Å². The normalized spacial score (nSPS) is 10.3. The van der Waals surface area contributed by atoms with E-state index in [1.54, 1.807) is 0 Å². The van der Waals surface area contributed by atoms with Crippen LogP contribution in [0.3, 0.4) is 0 Å². The second-order valence-corrected chi connectivity index (χ2v) is 3.67. The first-order valence-corrected chi connectivity index (χ1v) is 5.01. The second kappa shape index (κ2) is 4.44. The average Bonchev–Trinajstić information content (AvgIpc) is 2.32. The summed E-state index contributed by atoms with van der Waals surface area (Å²) >= 11 is 0. The monoisotopic (exact) mass is 250 g/mol. The Balaban J connectivity index is 2.48. The van der Waals surface area contributed by atoms with Crippen LogP contribution in [0.25, 0.3) is 11.1 Å². The van der Waals surface area contributed by atoms with E-state index in [0.717, 1.165) is 24.3 Å². The Kier molecular flexibility index (Phi) is 2.97. The maximum Gasteiger partial charge on any atom is 0.338 e. The standard InChI is InChI=1S/C13H8F2O3/c14-10-5-7(1-3-9(10)13(17)18)8-2-4-12(16)11(15)6-8/h1-6,16H,(H,17,18). The molecule has 0 heterocycles. The minimum absolute atomic E-state index is 0.330. The fourth-order valence-corrected chi connectivity index (χ4v) is 1.55. The van der Waals surface area contributed by atoms with E-state index in [1.807, 2.05) is 0 Å². The summed E-state index contributed by atoms with van der Waals surface area (Å²) in [7, 11) is 0. The highest BCUT2D eigenvalue weighted by atomic mass is 19.1. The second-order valence-electron chi connectivity index (χ2n) is 3.67. The molecule has 0 aromatic heterocycles. The first-order chi connectivity index (χ1) is 8.49. The van der Waals surface area contributed by atoms with Crippen LogP contribution in [0.2, 0.25) is 0 Å². The van der Waals surface area contributed by atoms with Gasteiger partial charge in [-0.05, 0) is 35.4 Å². The predicted molar refractivity (Wildman–Crippen MR) is 60.4 cm³/mol. The van der Waals surface area contributed by atoms with E-state index in [9.17, 15) is 13.6 Å². The summed E-state index contributed by atoms with van der Waals surface area (Å²) in [5.74, 6) is -3.58. The zero-order valence-corrected chi connectivity index (χ0v) is 9.02. The molecule has 0 radical (unpaired) electrons. The third kappa shape index (κ3) is 2.15. The minimum atomic E-state index is -1.36. The van der Waals surface area contributed by atoms with E-state index < -0.39 is 28.9 Å². The van der Waals surface area contributed by atoms with Crippen molar-refractivity contribution in [2.24, 2.45) is 0 Å². The lowest BCUT2D eigenvalue weighted by Crippen LogP contribution is -2.00. The summed E-state index contributed by atoms with van der Waals surface area (Å²) in [4.78, 5) is 10.6. The average molecular weight is 250 g/mol. The molecule has 3 nitrogen and oxygen atoms in total. The van der Waals surface area contributed by atoms with Crippen LogP contribution in [0.1, 0.15) is 10.4 Å². The molecule has 92 valence electrons. The van der Waals surface area contributed by atoms with E-state index in [1.165, 1.54) is 12.1 Å². The van der Waals surface area contributed by atoms with Gasteiger partial charge in [-0.25, -0.2) is 13.6 Å². The van der Waals surface area contributed by atoms with Gasteiger partial charge in [0.2, 0.25) is 0 Å². The lowest BCUT2D eigenvalue weighted by atomic mass is 10.0. The molecule has 2 aromatic carbocycles. The number of carboxylic acids is 1. The van der Waals surface area contributed by atoms with E-state index in [4.69, 9.17) is 10.2 Å². The van der Waals surface area contributed by atoms with Crippen molar-refractivity contribution < 1.29 is 23.8 Å². The molecule has 0 spiro atoms. The molecule has 0 saturated heterocycles. The molecule has 0 bridgehead atoms. The van der Waals surface area contributed by atoms with Crippen molar-refractivity contribution in [3.05, 3.63) is 53.6 Å². The molecule has 0 aliphatic rings. The summed E-state index contributed by atoms with van der Waals surface area (Å²) in [5, 5.41) is 17.7. The number of phenolic OH excluding ortho intramolecular Hbond substituents is 1. The molecule has 5 heteroatoms. The largest absolute Gasteiger partial charge is 0.505 e. The quantitative estimate of drug-likeness (QED) is 0.861. The van der Waals surface area contributed by atoms with E-state index >= 15 is 0 Å². The maximum atomic E-state index is 13.4. The van der Waals surface area contributed by atoms with Gasteiger partial charge in [0.15, 0.2) is 11.6 Å². The number of carbonyl (C=O) groups is 1. The number of rotatable bonds is 2. The van der Waals surface area contributed by atoms with Crippen molar-refractivity contribution in [3.8, 4) is 16.9 Å². The number of hydrogen-bond acceptors (Lipinski definition) is 2. The molecule has 0 fully saturated rings. The third-order valence-electron chi connectivity index (χ3n) is 2.48. The Labute approximate surface area is 101 Å². The van der Waals surface area contributed by atoms with Crippen molar-refractivity contribution in [1.82, 2.24) is 0 Å². The third-order valence-corrected chi connectivity index (χ3v) is 2.48. The van der Waals surface area contributed by atoms with Gasteiger partial charge in [-0.15, -0.1) is 0 Å². The molecule has 0 amide bonds. The Morgan fingerprint density at radius 1 is 0.944 bits per heavy atom. The fraction of sp³-hybridized carbons (Fsp3) is 0. The first-order valence-electron chi connectivity index (χ1n) is 5.01. The molecule has 2 N–H and O–H groups in total. The van der Waals surface area contributed by atoms with Gasteiger partial charge in [-0.3, -0.25) is 0 Å². The Bertz CT molecular complexity index is 624. The summed E-state index contributed by atoms with van der Waals surface area (Å²) in [6, 6.07) is 7.09. The maximum absolute atomic E-state index is 13.4. The summed E-state index contributed by atoms with van der Waals surface area (Å²) < 4.78 is 26.6. The zero-order valence-electron chi connectivity index (χ0n) is 9.02. The number of aromatic hydroxyl groups is 1. The van der Waals surface area contributed by atoms with Crippen LogP contribution < -0.4 is 0 Å². The summed E-state index contributed by atoms with van der Waals surface area (Å²) in [5.41, 5.74) is 0.232. The predicted octanol–water partition coefficient (Wildman–Crippen LogP) is 3.04. The topological polar surface area (TPSA) is 57.5 Å². The number of benzene rings is 2. The van der Waals surface area contributed by atoms with Crippen molar-refractivity contribution in [2.45, 2.75) is 0 Å².